The molecule has 3 heterocycles. The highest BCUT2D eigenvalue weighted by molar-refractivity contribution is 5.92. The number of amides is 3. The molecule has 1 atom stereocenters. The van der Waals surface area contributed by atoms with Crippen LogP contribution in [0.4, 0.5) is 14.9 Å². The third kappa shape index (κ3) is 3.89. The van der Waals surface area contributed by atoms with Crippen LogP contribution in [-0.4, -0.2) is 41.0 Å². The third-order valence-corrected chi connectivity index (χ3v) is 3.74. The molecule has 0 bridgehead atoms. The van der Waals surface area contributed by atoms with Gasteiger partial charge in [0.15, 0.2) is 5.76 Å². The molecule has 0 saturated carbocycles. The summed E-state index contributed by atoms with van der Waals surface area (Å²) in [6.07, 6.45) is 5.40. The largest absolute Gasteiger partial charge is 0.459 e. The normalized spacial score (nSPS) is 17.4. The van der Waals surface area contributed by atoms with Crippen LogP contribution in [0.2, 0.25) is 0 Å². The lowest BCUT2D eigenvalue weighted by molar-refractivity contribution is 0.0666. The lowest BCUT2D eigenvalue weighted by Gasteiger charge is -2.32. The van der Waals surface area contributed by atoms with Crippen molar-refractivity contribution in [3.8, 4) is 0 Å². The standard InChI is InChI=1S/C16H17FN4O3/c17-11-7-13(9-18-8-11)20-16(23)19-12-3-1-5-21(10-12)15(22)14-4-2-6-24-14/h2,4,6-9,12H,1,3,5,10H2,(H2,19,20,23). The van der Waals surface area contributed by atoms with Crippen molar-refractivity contribution in [2.45, 2.75) is 18.9 Å². The Bertz CT molecular complexity index is 720. The Kier molecular flexibility index (Phi) is 4.74. The van der Waals surface area contributed by atoms with Crippen molar-refractivity contribution in [1.82, 2.24) is 15.2 Å². The highest BCUT2D eigenvalue weighted by Crippen LogP contribution is 2.15. The Balaban J connectivity index is 1.55. The minimum Gasteiger partial charge on any atom is -0.459 e. The van der Waals surface area contributed by atoms with E-state index in [4.69, 9.17) is 4.42 Å². The summed E-state index contributed by atoms with van der Waals surface area (Å²) in [6.45, 7) is 1.02. The number of piperidine rings is 1. The zero-order valence-electron chi connectivity index (χ0n) is 12.9. The van der Waals surface area contributed by atoms with Crippen molar-refractivity contribution in [1.29, 1.82) is 0 Å². The van der Waals surface area contributed by atoms with Crippen LogP contribution in [-0.2, 0) is 0 Å². The van der Waals surface area contributed by atoms with Crippen LogP contribution < -0.4 is 10.6 Å². The van der Waals surface area contributed by atoms with Gasteiger partial charge in [-0.1, -0.05) is 0 Å². The van der Waals surface area contributed by atoms with Gasteiger partial charge in [0.05, 0.1) is 24.3 Å². The highest BCUT2D eigenvalue weighted by atomic mass is 19.1. The van der Waals surface area contributed by atoms with Gasteiger partial charge in [-0.3, -0.25) is 9.78 Å². The summed E-state index contributed by atoms with van der Waals surface area (Å²) >= 11 is 0. The molecule has 0 aliphatic carbocycles. The fourth-order valence-corrected chi connectivity index (χ4v) is 2.67. The molecule has 0 radical (unpaired) electrons. The molecule has 1 fully saturated rings. The van der Waals surface area contributed by atoms with Crippen molar-refractivity contribution < 1.29 is 18.4 Å². The second-order valence-corrected chi connectivity index (χ2v) is 5.56. The van der Waals surface area contributed by atoms with Crippen LogP contribution in [0.5, 0.6) is 0 Å². The summed E-state index contributed by atoms with van der Waals surface area (Å²) in [5.74, 6) is -0.437. The predicted molar refractivity (Wildman–Crippen MR) is 84.0 cm³/mol. The molecule has 0 aromatic carbocycles. The maximum atomic E-state index is 13.1. The highest BCUT2D eigenvalue weighted by Gasteiger charge is 2.26. The Hall–Kier alpha value is -2.90. The van der Waals surface area contributed by atoms with Crippen molar-refractivity contribution in [2.24, 2.45) is 0 Å². The lowest BCUT2D eigenvalue weighted by Crippen LogP contribution is -2.50. The van der Waals surface area contributed by atoms with E-state index in [2.05, 4.69) is 15.6 Å². The van der Waals surface area contributed by atoms with Crippen LogP contribution in [0, 0.1) is 5.82 Å². The van der Waals surface area contributed by atoms with Gasteiger partial charge in [-0.15, -0.1) is 0 Å². The Morgan fingerprint density at radius 3 is 3.00 bits per heavy atom. The predicted octanol–water partition coefficient (Wildman–Crippen LogP) is 2.24. The quantitative estimate of drug-likeness (QED) is 0.902. The molecule has 2 aromatic heterocycles. The molecule has 126 valence electrons. The van der Waals surface area contributed by atoms with E-state index in [9.17, 15) is 14.0 Å². The summed E-state index contributed by atoms with van der Waals surface area (Å²) in [6, 6.07) is 3.82. The van der Waals surface area contributed by atoms with Crippen molar-refractivity contribution in [3.05, 3.63) is 48.4 Å². The van der Waals surface area contributed by atoms with E-state index in [-0.39, 0.29) is 23.4 Å². The van der Waals surface area contributed by atoms with E-state index in [1.165, 1.54) is 18.5 Å². The van der Waals surface area contributed by atoms with E-state index < -0.39 is 11.8 Å². The van der Waals surface area contributed by atoms with Gasteiger partial charge in [0.2, 0.25) is 0 Å². The zero-order valence-corrected chi connectivity index (χ0v) is 12.9. The molecular weight excluding hydrogens is 315 g/mol. The fraction of sp³-hybridized carbons (Fsp3) is 0.312. The molecule has 7 nitrogen and oxygen atoms in total. The van der Waals surface area contributed by atoms with Gasteiger partial charge in [0.1, 0.15) is 5.82 Å². The first-order valence-corrected chi connectivity index (χ1v) is 7.62. The van der Waals surface area contributed by atoms with Gasteiger partial charge in [0, 0.05) is 25.2 Å². The topological polar surface area (TPSA) is 87.5 Å². The number of nitrogens with one attached hydrogen (secondary N) is 2. The molecule has 1 saturated heterocycles. The number of carbonyl (C=O) groups excluding carboxylic acids is 2. The Morgan fingerprint density at radius 1 is 1.38 bits per heavy atom. The molecular formula is C16H17FN4O3. The maximum absolute atomic E-state index is 13.1. The number of aromatic nitrogens is 1. The molecule has 8 heteroatoms. The number of pyridine rings is 1. The number of carbonyl (C=O) groups is 2. The van der Waals surface area contributed by atoms with Crippen molar-refractivity contribution >= 4 is 17.6 Å². The van der Waals surface area contributed by atoms with Crippen LogP contribution in [0.25, 0.3) is 0 Å². The summed E-state index contributed by atoms with van der Waals surface area (Å²) in [5, 5.41) is 5.32. The summed E-state index contributed by atoms with van der Waals surface area (Å²) in [7, 11) is 0. The van der Waals surface area contributed by atoms with E-state index in [1.807, 2.05) is 0 Å². The number of anilines is 1. The van der Waals surface area contributed by atoms with Gasteiger partial charge in [-0.25, -0.2) is 9.18 Å². The fourth-order valence-electron chi connectivity index (χ4n) is 2.67. The van der Waals surface area contributed by atoms with Crippen LogP contribution in [0.1, 0.15) is 23.4 Å². The Morgan fingerprint density at radius 2 is 2.25 bits per heavy atom. The second kappa shape index (κ2) is 7.12. The molecule has 3 rings (SSSR count). The second-order valence-electron chi connectivity index (χ2n) is 5.56. The van der Waals surface area contributed by atoms with Gasteiger partial charge in [0.25, 0.3) is 5.91 Å². The van der Waals surface area contributed by atoms with Gasteiger partial charge in [-0.2, -0.15) is 0 Å². The average molecular weight is 332 g/mol. The minimum absolute atomic E-state index is 0.181. The first kappa shape index (κ1) is 16.0. The van der Waals surface area contributed by atoms with Gasteiger partial charge < -0.3 is 20.0 Å². The van der Waals surface area contributed by atoms with E-state index >= 15 is 0 Å². The summed E-state index contributed by atoms with van der Waals surface area (Å²) < 4.78 is 18.2. The number of hydrogen-bond acceptors (Lipinski definition) is 4. The van der Waals surface area contributed by atoms with Gasteiger partial charge in [-0.05, 0) is 25.0 Å². The number of nitrogens with zero attached hydrogens (tertiary/aromatic N) is 2. The van der Waals surface area contributed by atoms with Gasteiger partial charge >= 0.3 is 6.03 Å². The smallest absolute Gasteiger partial charge is 0.319 e. The monoisotopic (exact) mass is 332 g/mol. The molecule has 2 N–H and O–H groups in total. The maximum Gasteiger partial charge on any atom is 0.319 e. The molecule has 1 aliphatic heterocycles. The van der Waals surface area contributed by atoms with Crippen molar-refractivity contribution in [3.63, 3.8) is 0 Å². The van der Waals surface area contributed by atoms with E-state index in [0.717, 1.165) is 19.0 Å². The lowest BCUT2D eigenvalue weighted by atomic mass is 10.1. The van der Waals surface area contributed by atoms with Crippen molar-refractivity contribution in [2.75, 3.05) is 18.4 Å². The van der Waals surface area contributed by atoms with Crippen LogP contribution >= 0.6 is 0 Å². The number of hydrogen-bond donors (Lipinski definition) is 2. The number of urea groups is 1. The first-order valence-electron chi connectivity index (χ1n) is 7.62. The van der Waals surface area contributed by atoms with E-state index in [1.54, 1.807) is 17.0 Å². The molecule has 24 heavy (non-hydrogen) atoms. The average Bonchev–Trinajstić information content (AvgIpc) is 3.08. The van der Waals surface area contributed by atoms with E-state index in [0.29, 0.717) is 13.1 Å². The first-order chi connectivity index (χ1) is 11.6. The molecule has 0 spiro atoms. The molecule has 2 aromatic rings. The molecule has 1 unspecified atom stereocenters. The Labute approximate surface area is 137 Å². The summed E-state index contributed by atoms with van der Waals surface area (Å²) in [5.41, 5.74) is 0.270. The minimum atomic E-state index is -0.527. The number of furan rings is 1. The van der Waals surface area contributed by atoms with Crippen LogP contribution in [0.3, 0.4) is 0 Å². The number of rotatable bonds is 3. The summed E-state index contributed by atoms with van der Waals surface area (Å²) in [4.78, 5) is 29.6. The number of halogens is 1. The zero-order chi connectivity index (χ0) is 16.9. The molecule has 3 amide bonds. The SMILES string of the molecule is O=C(Nc1cncc(F)c1)NC1CCCN(C(=O)c2ccco2)C1. The number of likely N-dealkylation sites (tertiary alicyclic amines) is 1. The third-order valence-electron chi connectivity index (χ3n) is 3.74. The van der Waals surface area contributed by atoms with Crippen LogP contribution in [0.15, 0.2) is 41.3 Å². The molecule has 1 aliphatic rings.